The van der Waals surface area contributed by atoms with Gasteiger partial charge in [0.1, 0.15) is 12.7 Å². The molecule has 1 fully saturated rings. The second kappa shape index (κ2) is 6.39. The van der Waals surface area contributed by atoms with Crippen molar-refractivity contribution in [2.24, 2.45) is 4.99 Å². The van der Waals surface area contributed by atoms with Gasteiger partial charge in [0.25, 0.3) is 0 Å². The van der Waals surface area contributed by atoms with Crippen molar-refractivity contribution in [3.8, 4) is 5.69 Å². The third-order valence-electron chi connectivity index (χ3n) is 3.30. The van der Waals surface area contributed by atoms with Crippen LogP contribution in [0.2, 0.25) is 0 Å². The van der Waals surface area contributed by atoms with Crippen molar-refractivity contribution < 1.29 is 0 Å². The van der Waals surface area contributed by atoms with Gasteiger partial charge in [-0.1, -0.05) is 12.1 Å². The summed E-state index contributed by atoms with van der Waals surface area (Å²) in [6.45, 7) is 3.63. The van der Waals surface area contributed by atoms with Crippen molar-refractivity contribution in [3.05, 3.63) is 42.5 Å². The Morgan fingerprint density at radius 2 is 2.14 bits per heavy atom. The first kappa shape index (κ1) is 13.6. The summed E-state index contributed by atoms with van der Waals surface area (Å²) in [4.78, 5) is 8.56. The van der Waals surface area contributed by atoms with E-state index in [1.54, 1.807) is 11.0 Å². The molecule has 6 nitrogen and oxygen atoms in total. The van der Waals surface area contributed by atoms with E-state index in [2.05, 4.69) is 44.8 Å². The molecule has 1 heterocycles. The van der Waals surface area contributed by atoms with Crippen molar-refractivity contribution in [3.63, 3.8) is 0 Å². The van der Waals surface area contributed by atoms with Crippen LogP contribution in [0.3, 0.4) is 0 Å². The van der Waals surface area contributed by atoms with Crippen LogP contribution in [0.4, 0.5) is 0 Å². The van der Waals surface area contributed by atoms with E-state index in [0.717, 1.165) is 18.2 Å². The van der Waals surface area contributed by atoms with Gasteiger partial charge in [-0.3, -0.25) is 0 Å². The largest absolute Gasteiger partial charge is 0.357 e. The van der Waals surface area contributed by atoms with E-state index < -0.39 is 0 Å². The summed E-state index contributed by atoms with van der Waals surface area (Å²) >= 11 is 0. The molecule has 3 rings (SSSR count). The molecule has 0 aliphatic heterocycles. The van der Waals surface area contributed by atoms with Gasteiger partial charge in [0.05, 0.1) is 12.2 Å². The van der Waals surface area contributed by atoms with Crippen molar-refractivity contribution in [2.45, 2.75) is 32.4 Å². The first-order valence-electron chi connectivity index (χ1n) is 7.34. The fraction of sp³-hybridized carbons (Fsp3) is 0.400. The summed E-state index contributed by atoms with van der Waals surface area (Å²) < 4.78 is 1.74. The van der Waals surface area contributed by atoms with E-state index in [4.69, 9.17) is 0 Å². The van der Waals surface area contributed by atoms with Gasteiger partial charge in [-0.25, -0.2) is 14.7 Å². The number of hydrogen-bond donors (Lipinski definition) is 2. The fourth-order valence-corrected chi connectivity index (χ4v) is 2.01. The minimum absolute atomic E-state index is 0.609. The predicted molar refractivity (Wildman–Crippen MR) is 82.3 cm³/mol. The molecule has 2 N–H and O–H groups in total. The molecular formula is C15H20N6. The summed E-state index contributed by atoms with van der Waals surface area (Å²) in [7, 11) is 0. The standard InChI is InChI=1S/C15H20N6/c1-2-17-15(20-13-5-6-13)18-9-12-3-7-14(8-4-12)21-11-16-10-19-21/h3-4,7-8,10-11,13H,2,5-6,9H2,1H3,(H2,17,18,20). The van der Waals surface area contributed by atoms with Crippen LogP contribution in [0.5, 0.6) is 0 Å². The third-order valence-corrected chi connectivity index (χ3v) is 3.30. The summed E-state index contributed by atoms with van der Waals surface area (Å²) in [6.07, 6.45) is 5.72. The van der Waals surface area contributed by atoms with Gasteiger partial charge in [0, 0.05) is 12.6 Å². The fourth-order valence-electron chi connectivity index (χ4n) is 2.01. The van der Waals surface area contributed by atoms with E-state index in [1.165, 1.54) is 24.7 Å². The maximum atomic E-state index is 4.62. The Labute approximate surface area is 124 Å². The highest BCUT2D eigenvalue weighted by Crippen LogP contribution is 2.18. The zero-order valence-corrected chi connectivity index (χ0v) is 12.2. The molecule has 0 atom stereocenters. The molecule has 0 unspecified atom stereocenters. The number of rotatable bonds is 5. The van der Waals surface area contributed by atoms with E-state index in [-0.39, 0.29) is 0 Å². The molecule has 1 aromatic heterocycles. The van der Waals surface area contributed by atoms with Gasteiger partial charge in [-0.2, -0.15) is 5.10 Å². The second-order valence-corrected chi connectivity index (χ2v) is 5.12. The minimum Gasteiger partial charge on any atom is -0.357 e. The Morgan fingerprint density at radius 1 is 1.33 bits per heavy atom. The minimum atomic E-state index is 0.609. The molecule has 1 aromatic carbocycles. The predicted octanol–water partition coefficient (Wildman–Crippen LogP) is 1.48. The Hall–Kier alpha value is -2.37. The molecule has 1 aliphatic carbocycles. The molecular weight excluding hydrogens is 264 g/mol. The third kappa shape index (κ3) is 3.81. The van der Waals surface area contributed by atoms with Gasteiger partial charge in [-0.05, 0) is 37.5 Å². The molecule has 6 heteroatoms. The van der Waals surface area contributed by atoms with Crippen molar-refractivity contribution in [1.82, 2.24) is 25.4 Å². The zero-order valence-electron chi connectivity index (χ0n) is 12.2. The molecule has 1 aliphatic rings. The van der Waals surface area contributed by atoms with Crippen molar-refractivity contribution in [2.75, 3.05) is 6.54 Å². The van der Waals surface area contributed by atoms with Crippen LogP contribution in [0.1, 0.15) is 25.3 Å². The molecule has 0 amide bonds. The van der Waals surface area contributed by atoms with Crippen LogP contribution in [0.25, 0.3) is 5.69 Å². The topological polar surface area (TPSA) is 67.1 Å². The van der Waals surface area contributed by atoms with Crippen LogP contribution in [-0.4, -0.2) is 33.3 Å². The molecule has 21 heavy (non-hydrogen) atoms. The van der Waals surface area contributed by atoms with E-state index in [1.807, 2.05) is 12.1 Å². The maximum absolute atomic E-state index is 4.62. The van der Waals surface area contributed by atoms with E-state index >= 15 is 0 Å². The summed E-state index contributed by atoms with van der Waals surface area (Å²) in [6, 6.07) is 8.81. The first-order chi connectivity index (χ1) is 10.3. The average Bonchev–Trinajstić information content (AvgIpc) is 3.16. The number of nitrogens with zero attached hydrogens (tertiary/aromatic N) is 4. The lowest BCUT2D eigenvalue weighted by molar-refractivity contribution is 0.812. The average molecular weight is 284 g/mol. The number of aliphatic imine (C=N–C) groups is 1. The maximum Gasteiger partial charge on any atom is 0.191 e. The summed E-state index contributed by atoms with van der Waals surface area (Å²) in [5, 5.41) is 10.8. The monoisotopic (exact) mass is 284 g/mol. The Kier molecular flexibility index (Phi) is 4.14. The van der Waals surface area contributed by atoms with Crippen LogP contribution in [-0.2, 0) is 6.54 Å². The molecule has 110 valence electrons. The summed E-state index contributed by atoms with van der Waals surface area (Å²) in [5.41, 5.74) is 2.18. The Bertz CT molecular complexity index is 583. The van der Waals surface area contributed by atoms with Gasteiger partial charge in [0.15, 0.2) is 5.96 Å². The van der Waals surface area contributed by atoms with Gasteiger partial charge in [0.2, 0.25) is 0 Å². The van der Waals surface area contributed by atoms with Crippen molar-refractivity contribution >= 4 is 5.96 Å². The highest BCUT2D eigenvalue weighted by molar-refractivity contribution is 5.80. The van der Waals surface area contributed by atoms with Gasteiger partial charge in [-0.15, -0.1) is 0 Å². The van der Waals surface area contributed by atoms with Crippen LogP contribution in [0, 0.1) is 0 Å². The molecule has 1 saturated carbocycles. The number of guanidine groups is 1. The lowest BCUT2D eigenvalue weighted by Gasteiger charge is -2.10. The second-order valence-electron chi connectivity index (χ2n) is 5.12. The first-order valence-corrected chi connectivity index (χ1v) is 7.34. The molecule has 0 saturated heterocycles. The Morgan fingerprint density at radius 3 is 2.76 bits per heavy atom. The van der Waals surface area contributed by atoms with Gasteiger partial charge < -0.3 is 10.6 Å². The lowest BCUT2D eigenvalue weighted by atomic mass is 10.2. The summed E-state index contributed by atoms with van der Waals surface area (Å²) in [5.74, 6) is 0.903. The number of nitrogens with one attached hydrogen (secondary N) is 2. The normalized spacial score (nSPS) is 15.0. The highest BCUT2D eigenvalue weighted by atomic mass is 15.3. The zero-order chi connectivity index (χ0) is 14.5. The van der Waals surface area contributed by atoms with E-state index in [9.17, 15) is 0 Å². The molecule has 0 radical (unpaired) electrons. The van der Waals surface area contributed by atoms with Crippen molar-refractivity contribution in [1.29, 1.82) is 0 Å². The number of hydrogen-bond acceptors (Lipinski definition) is 3. The van der Waals surface area contributed by atoms with E-state index in [0.29, 0.717) is 12.6 Å². The highest BCUT2D eigenvalue weighted by Gasteiger charge is 2.21. The quantitative estimate of drug-likeness (QED) is 0.645. The molecule has 0 spiro atoms. The van der Waals surface area contributed by atoms with Gasteiger partial charge >= 0.3 is 0 Å². The van der Waals surface area contributed by atoms with Crippen LogP contribution >= 0.6 is 0 Å². The molecule has 2 aromatic rings. The van der Waals surface area contributed by atoms with Crippen LogP contribution in [0.15, 0.2) is 41.9 Å². The number of aromatic nitrogens is 3. The Balaban J connectivity index is 1.63. The molecule has 0 bridgehead atoms. The van der Waals surface area contributed by atoms with Crippen LogP contribution < -0.4 is 10.6 Å². The smallest absolute Gasteiger partial charge is 0.191 e. The lowest BCUT2D eigenvalue weighted by Crippen LogP contribution is -2.38. The SMILES string of the molecule is CCNC(=NCc1ccc(-n2cncn2)cc1)NC1CC1. The number of benzene rings is 1.